The molecule has 0 saturated carbocycles. The molecule has 2 unspecified atom stereocenters. The third-order valence-electron chi connectivity index (χ3n) is 8.61. The first-order chi connectivity index (χ1) is 22.0. The number of carbonyl (C=O) groups is 4. The molecule has 2 amide bonds. The number of aromatic nitrogens is 2. The van der Waals surface area contributed by atoms with E-state index >= 15 is 0 Å². The number of fused-ring (bicyclic) bond motifs is 5. The lowest BCUT2D eigenvalue weighted by Crippen LogP contribution is -2.54. The molecule has 1 aromatic carbocycles. The molecule has 46 heavy (non-hydrogen) atoms. The van der Waals surface area contributed by atoms with Crippen molar-refractivity contribution in [2.45, 2.75) is 90.6 Å². The van der Waals surface area contributed by atoms with Gasteiger partial charge in [0.1, 0.15) is 18.7 Å². The van der Waals surface area contributed by atoms with Crippen LogP contribution >= 0.6 is 0 Å². The summed E-state index contributed by atoms with van der Waals surface area (Å²) in [6, 6.07) is 9.36. The van der Waals surface area contributed by atoms with Gasteiger partial charge in [-0.25, -0.2) is 14.6 Å². The Bertz CT molecular complexity index is 1750. The number of benzene rings is 1. The Morgan fingerprint density at radius 3 is 2.57 bits per heavy atom. The number of nitrogens with one attached hydrogen (secondary N) is 2. The number of nitrogens with two attached hydrogens (primary N) is 1. The largest absolute Gasteiger partial charge is 0.457 e. The number of para-hydroxylation sites is 1. The van der Waals surface area contributed by atoms with Crippen LogP contribution in [0.15, 0.2) is 41.2 Å². The number of amides is 2. The van der Waals surface area contributed by atoms with Crippen LogP contribution in [0.25, 0.3) is 22.3 Å². The van der Waals surface area contributed by atoms with Gasteiger partial charge >= 0.3 is 11.9 Å². The number of rotatable bonds is 12. The Hall–Kier alpha value is -4.58. The minimum atomic E-state index is -1.92. The average molecular weight is 632 g/mol. The maximum Gasteiger partial charge on any atom is 0.355 e. The molecule has 4 heterocycles. The maximum absolute atomic E-state index is 13.9. The van der Waals surface area contributed by atoms with E-state index in [0.717, 1.165) is 16.5 Å². The summed E-state index contributed by atoms with van der Waals surface area (Å²) in [6.07, 6.45) is 1.80. The topological polar surface area (TPSA) is 172 Å². The molecular weight excluding hydrogens is 590 g/mol. The van der Waals surface area contributed by atoms with Crippen molar-refractivity contribution in [3.8, 4) is 11.4 Å². The van der Waals surface area contributed by atoms with E-state index in [4.69, 9.17) is 20.2 Å². The van der Waals surface area contributed by atoms with Crippen molar-refractivity contribution >= 4 is 34.7 Å². The molecule has 0 aliphatic carbocycles. The second-order valence-corrected chi connectivity index (χ2v) is 12.4. The van der Waals surface area contributed by atoms with E-state index in [1.807, 2.05) is 44.2 Å². The van der Waals surface area contributed by atoms with Gasteiger partial charge in [0.05, 0.1) is 29.0 Å². The predicted molar refractivity (Wildman–Crippen MR) is 170 cm³/mol. The van der Waals surface area contributed by atoms with Crippen molar-refractivity contribution < 1.29 is 28.7 Å². The smallest absolute Gasteiger partial charge is 0.355 e. The number of carbonyl (C=O) groups excluding carboxylic acids is 4. The molecule has 0 bridgehead atoms. The van der Waals surface area contributed by atoms with Gasteiger partial charge in [0.2, 0.25) is 17.4 Å². The molecular formula is C34H41N5O7. The average Bonchev–Trinajstić information content (AvgIpc) is 3.37. The second-order valence-electron chi connectivity index (χ2n) is 12.4. The summed E-state index contributed by atoms with van der Waals surface area (Å²) < 4.78 is 13.1. The minimum Gasteiger partial charge on any atom is -0.457 e. The number of esters is 2. The quantitative estimate of drug-likeness (QED) is 0.157. The van der Waals surface area contributed by atoms with E-state index in [1.165, 1.54) is 6.92 Å². The standard InChI is InChI=1S/C34H41N5O7/c1-5-34(46-32(43)27(14-19(2)3)38-30(41)26(36-20(4)40)12-8-9-13-35)24-16-28-29-22(15-21-10-6-7-11-25(21)37-29)17-39(28)31(42)23(24)18-45-33(34)44/h6-7,10-11,15-16,19,26-27H,5,8-9,12-14,17-18,35H2,1-4H3,(H,36,40)(H,38,41)/t26?,27?,34-/m0/s1. The molecule has 0 saturated heterocycles. The van der Waals surface area contributed by atoms with Crippen LogP contribution in [0.2, 0.25) is 0 Å². The molecule has 4 N–H and O–H groups in total. The van der Waals surface area contributed by atoms with Gasteiger partial charge in [-0.2, -0.15) is 0 Å². The van der Waals surface area contributed by atoms with Gasteiger partial charge in [0.25, 0.3) is 5.56 Å². The van der Waals surface area contributed by atoms with Crippen LogP contribution in [0.4, 0.5) is 0 Å². The maximum atomic E-state index is 13.9. The molecule has 244 valence electrons. The number of cyclic esters (lactones) is 1. The van der Waals surface area contributed by atoms with Gasteiger partial charge in [-0.05, 0) is 62.8 Å². The number of hydrogen-bond acceptors (Lipinski definition) is 9. The second kappa shape index (κ2) is 13.4. The highest BCUT2D eigenvalue weighted by Crippen LogP contribution is 2.41. The van der Waals surface area contributed by atoms with Gasteiger partial charge in [0.15, 0.2) is 0 Å². The molecule has 0 radical (unpaired) electrons. The fourth-order valence-corrected chi connectivity index (χ4v) is 6.29. The van der Waals surface area contributed by atoms with Gasteiger partial charge in [0, 0.05) is 23.4 Å². The van der Waals surface area contributed by atoms with E-state index in [2.05, 4.69) is 10.6 Å². The minimum absolute atomic E-state index is 0.0125. The first-order valence-electron chi connectivity index (χ1n) is 15.8. The Kier molecular flexibility index (Phi) is 9.57. The molecule has 12 heteroatoms. The van der Waals surface area contributed by atoms with Crippen LogP contribution < -0.4 is 21.9 Å². The Morgan fingerprint density at radius 1 is 1.11 bits per heavy atom. The summed E-state index contributed by atoms with van der Waals surface area (Å²) in [4.78, 5) is 71.4. The van der Waals surface area contributed by atoms with E-state index in [1.54, 1.807) is 17.6 Å². The molecule has 12 nitrogen and oxygen atoms in total. The lowest BCUT2D eigenvalue weighted by Gasteiger charge is -2.37. The number of pyridine rings is 2. The number of nitrogens with zero attached hydrogens (tertiary/aromatic N) is 2. The van der Waals surface area contributed by atoms with E-state index in [0.29, 0.717) is 43.7 Å². The third-order valence-corrected chi connectivity index (χ3v) is 8.61. The van der Waals surface area contributed by atoms with Crippen molar-refractivity contribution in [3.05, 3.63) is 63.4 Å². The fraction of sp³-hybridized carbons (Fsp3) is 0.471. The van der Waals surface area contributed by atoms with Crippen molar-refractivity contribution in [3.63, 3.8) is 0 Å². The lowest BCUT2D eigenvalue weighted by atomic mass is 9.85. The molecule has 0 spiro atoms. The molecule has 2 aliphatic heterocycles. The van der Waals surface area contributed by atoms with Crippen LogP contribution in [0, 0.1) is 5.92 Å². The summed E-state index contributed by atoms with van der Waals surface area (Å²) in [5, 5.41) is 6.34. The highest BCUT2D eigenvalue weighted by Gasteiger charge is 2.51. The summed E-state index contributed by atoms with van der Waals surface area (Å²) in [6.45, 7) is 7.26. The summed E-state index contributed by atoms with van der Waals surface area (Å²) in [5.41, 5.74) is 6.59. The first kappa shape index (κ1) is 32.8. The monoisotopic (exact) mass is 631 g/mol. The van der Waals surface area contributed by atoms with E-state index < -0.39 is 35.5 Å². The van der Waals surface area contributed by atoms with Gasteiger partial charge in [-0.1, -0.05) is 39.0 Å². The molecule has 2 aromatic heterocycles. The van der Waals surface area contributed by atoms with Gasteiger partial charge in [-0.15, -0.1) is 0 Å². The van der Waals surface area contributed by atoms with Crippen LogP contribution in [0.1, 0.15) is 76.5 Å². The molecule has 3 atom stereocenters. The Balaban J connectivity index is 1.50. The van der Waals surface area contributed by atoms with Crippen molar-refractivity contribution in [1.82, 2.24) is 20.2 Å². The number of hydrogen-bond donors (Lipinski definition) is 3. The molecule has 5 rings (SSSR count). The highest BCUT2D eigenvalue weighted by atomic mass is 16.6. The number of ether oxygens (including phenoxy) is 2. The Morgan fingerprint density at radius 2 is 1.87 bits per heavy atom. The summed E-state index contributed by atoms with van der Waals surface area (Å²) in [7, 11) is 0. The van der Waals surface area contributed by atoms with E-state index in [9.17, 15) is 24.0 Å². The third kappa shape index (κ3) is 6.26. The van der Waals surface area contributed by atoms with E-state index in [-0.39, 0.29) is 48.0 Å². The number of unbranched alkanes of at least 4 members (excludes halogenated alkanes) is 1. The zero-order valence-electron chi connectivity index (χ0n) is 26.7. The van der Waals surface area contributed by atoms with Gasteiger partial charge in [-0.3, -0.25) is 14.4 Å². The van der Waals surface area contributed by atoms with Crippen molar-refractivity contribution in [2.24, 2.45) is 11.7 Å². The van der Waals surface area contributed by atoms with Crippen LogP contribution in [0.3, 0.4) is 0 Å². The molecule has 3 aromatic rings. The normalized spacial score (nSPS) is 17.8. The van der Waals surface area contributed by atoms with Crippen LogP contribution in [-0.4, -0.2) is 51.9 Å². The Labute approximate surface area is 267 Å². The SMILES string of the molecule is CC[C@@]1(OC(=O)C(CC(C)C)NC(=O)C(CCCCN)NC(C)=O)C(=O)OCc2c1cc1n(c2=O)Cc2cc3ccccc3nc2-1. The van der Waals surface area contributed by atoms with Crippen molar-refractivity contribution in [2.75, 3.05) is 6.54 Å². The predicted octanol–water partition coefficient (Wildman–Crippen LogP) is 2.80. The highest BCUT2D eigenvalue weighted by molar-refractivity contribution is 5.92. The van der Waals surface area contributed by atoms with Crippen LogP contribution in [-0.2, 0) is 47.4 Å². The van der Waals surface area contributed by atoms with Crippen LogP contribution in [0.5, 0.6) is 0 Å². The fourth-order valence-electron chi connectivity index (χ4n) is 6.29. The molecule has 2 aliphatic rings. The zero-order chi connectivity index (χ0) is 33.2. The summed E-state index contributed by atoms with van der Waals surface area (Å²) >= 11 is 0. The van der Waals surface area contributed by atoms with Gasteiger partial charge < -0.3 is 30.4 Å². The zero-order valence-corrected chi connectivity index (χ0v) is 26.7. The first-order valence-corrected chi connectivity index (χ1v) is 15.8. The lowest BCUT2D eigenvalue weighted by molar-refractivity contribution is -0.191. The van der Waals surface area contributed by atoms with Crippen molar-refractivity contribution in [1.29, 1.82) is 0 Å². The summed E-state index contributed by atoms with van der Waals surface area (Å²) in [5.74, 6) is -2.61. The molecule has 0 fully saturated rings.